The summed E-state index contributed by atoms with van der Waals surface area (Å²) < 4.78 is 0. The minimum atomic E-state index is -1.18. The molecule has 1 fully saturated rings. The molecule has 0 aliphatic carbocycles. The molecule has 8 heteroatoms. The number of nitrogens with one attached hydrogen (secondary N) is 4. The number of hydrogen-bond acceptors (Lipinski definition) is 4. The first-order valence-electron chi connectivity index (χ1n) is 9.26. The zero-order valence-electron chi connectivity index (χ0n) is 16.0. The van der Waals surface area contributed by atoms with Gasteiger partial charge in [0.05, 0.1) is 0 Å². The van der Waals surface area contributed by atoms with Crippen LogP contribution in [0.5, 0.6) is 0 Å². The molecule has 0 aromatic heterocycles. The third-order valence-electron chi connectivity index (χ3n) is 4.67. The second-order valence-corrected chi connectivity index (χ2v) is 6.89. The molecule has 29 heavy (non-hydrogen) atoms. The zero-order chi connectivity index (χ0) is 20.9. The second kappa shape index (κ2) is 8.55. The highest BCUT2D eigenvalue weighted by molar-refractivity contribution is 6.07. The van der Waals surface area contributed by atoms with E-state index in [1.54, 1.807) is 55.5 Å². The number of urea groups is 1. The number of rotatable bonds is 7. The molecule has 0 radical (unpaired) electrons. The molecule has 1 atom stereocenters. The van der Waals surface area contributed by atoms with Gasteiger partial charge in [-0.15, -0.1) is 0 Å². The number of hydrogen-bond donors (Lipinski definition) is 4. The molecule has 1 aliphatic rings. The molecule has 1 unspecified atom stereocenters. The Morgan fingerprint density at radius 1 is 1.03 bits per heavy atom. The van der Waals surface area contributed by atoms with E-state index in [0.29, 0.717) is 29.8 Å². The average molecular weight is 394 g/mol. The van der Waals surface area contributed by atoms with Crippen LogP contribution in [0.2, 0.25) is 0 Å². The summed E-state index contributed by atoms with van der Waals surface area (Å²) >= 11 is 0. The topological polar surface area (TPSA) is 116 Å². The lowest BCUT2D eigenvalue weighted by Gasteiger charge is -2.21. The maximum Gasteiger partial charge on any atom is 0.322 e. The number of carbonyl (C=O) groups is 4. The molecule has 4 N–H and O–H groups in total. The minimum Gasteiger partial charge on any atom is -0.352 e. The maximum absolute atomic E-state index is 12.2. The monoisotopic (exact) mass is 394 g/mol. The fraction of sp³-hybridized carbons (Fsp3) is 0.238. The van der Waals surface area contributed by atoms with Crippen molar-refractivity contribution in [1.29, 1.82) is 0 Å². The van der Waals surface area contributed by atoms with Crippen molar-refractivity contribution in [3.63, 3.8) is 0 Å². The van der Waals surface area contributed by atoms with Gasteiger partial charge in [0.2, 0.25) is 5.91 Å². The van der Waals surface area contributed by atoms with Gasteiger partial charge in [0.25, 0.3) is 11.8 Å². The predicted octanol–water partition coefficient (Wildman–Crippen LogP) is 1.89. The van der Waals surface area contributed by atoms with Gasteiger partial charge >= 0.3 is 6.03 Å². The standard InChI is InChI=1S/C21H22N4O4/c1-21(19(28)24-20(29)25-21)15-9-5-10-16(13-15)23-17(26)11-6-12-22-18(27)14-7-3-2-4-8-14/h2-5,7-10,13H,6,11-12H2,1H3,(H,22,27)(H,23,26)(H2,24,25,28,29). The SMILES string of the molecule is CC1(c2cccc(NC(=O)CCCNC(=O)c3ccccc3)c2)NC(=O)NC1=O. The highest BCUT2D eigenvalue weighted by Gasteiger charge is 2.43. The molecule has 1 aliphatic heterocycles. The van der Waals surface area contributed by atoms with Gasteiger partial charge in [0.1, 0.15) is 5.54 Å². The lowest BCUT2D eigenvalue weighted by Crippen LogP contribution is -2.40. The van der Waals surface area contributed by atoms with Gasteiger partial charge in [-0.2, -0.15) is 0 Å². The normalized spacial score (nSPS) is 18.0. The molecule has 0 spiro atoms. The van der Waals surface area contributed by atoms with Crippen LogP contribution in [0, 0.1) is 0 Å². The van der Waals surface area contributed by atoms with Gasteiger partial charge in [-0.1, -0.05) is 30.3 Å². The van der Waals surface area contributed by atoms with Crippen LogP contribution in [0.15, 0.2) is 54.6 Å². The van der Waals surface area contributed by atoms with Crippen molar-refractivity contribution in [2.45, 2.75) is 25.3 Å². The van der Waals surface area contributed by atoms with E-state index in [1.807, 2.05) is 6.07 Å². The van der Waals surface area contributed by atoms with Crippen LogP contribution >= 0.6 is 0 Å². The fourth-order valence-electron chi connectivity index (χ4n) is 3.02. The minimum absolute atomic E-state index is 0.177. The fourth-order valence-corrected chi connectivity index (χ4v) is 3.02. The number of carbonyl (C=O) groups excluding carboxylic acids is 4. The van der Waals surface area contributed by atoms with Crippen LogP contribution in [0.25, 0.3) is 0 Å². The van der Waals surface area contributed by atoms with Crippen LogP contribution in [-0.2, 0) is 15.1 Å². The summed E-state index contributed by atoms with van der Waals surface area (Å²) in [5, 5.41) is 10.3. The second-order valence-electron chi connectivity index (χ2n) is 6.89. The summed E-state index contributed by atoms with van der Waals surface area (Å²) in [6.07, 6.45) is 0.716. The Morgan fingerprint density at radius 3 is 2.48 bits per heavy atom. The summed E-state index contributed by atoms with van der Waals surface area (Å²) in [7, 11) is 0. The lowest BCUT2D eigenvalue weighted by molar-refractivity contribution is -0.123. The summed E-state index contributed by atoms with van der Waals surface area (Å²) in [5.74, 6) is -0.829. The third-order valence-corrected chi connectivity index (χ3v) is 4.67. The van der Waals surface area contributed by atoms with Crippen molar-refractivity contribution in [2.24, 2.45) is 0 Å². The van der Waals surface area contributed by atoms with E-state index in [1.165, 1.54) is 0 Å². The Bertz CT molecular complexity index is 945. The van der Waals surface area contributed by atoms with Crippen LogP contribution in [-0.4, -0.2) is 30.3 Å². The first kappa shape index (κ1) is 20.1. The Kier molecular flexibility index (Phi) is 5.92. The van der Waals surface area contributed by atoms with Gasteiger partial charge in [0.15, 0.2) is 0 Å². The van der Waals surface area contributed by atoms with Gasteiger partial charge in [-0.25, -0.2) is 4.79 Å². The van der Waals surface area contributed by atoms with Crippen LogP contribution < -0.4 is 21.3 Å². The van der Waals surface area contributed by atoms with Crippen molar-refractivity contribution in [1.82, 2.24) is 16.0 Å². The Morgan fingerprint density at radius 2 is 1.79 bits per heavy atom. The first-order valence-corrected chi connectivity index (χ1v) is 9.26. The van der Waals surface area contributed by atoms with E-state index in [9.17, 15) is 19.2 Å². The molecule has 3 rings (SSSR count). The molecule has 2 aromatic rings. The summed E-state index contributed by atoms with van der Waals surface area (Å²) in [6, 6.07) is 15.1. The first-order chi connectivity index (χ1) is 13.9. The summed E-state index contributed by atoms with van der Waals surface area (Å²) in [4.78, 5) is 47.6. The van der Waals surface area contributed by atoms with Gasteiger partial charge in [-0.3, -0.25) is 19.7 Å². The highest BCUT2D eigenvalue weighted by atomic mass is 16.2. The van der Waals surface area contributed by atoms with Crippen LogP contribution in [0.1, 0.15) is 35.7 Å². The predicted molar refractivity (Wildman–Crippen MR) is 107 cm³/mol. The van der Waals surface area contributed by atoms with Crippen molar-refractivity contribution < 1.29 is 19.2 Å². The molecular formula is C21H22N4O4. The number of anilines is 1. The summed E-state index contributed by atoms with van der Waals surface area (Å²) in [6.45, 7) is 1.98. The van der Waals surface area contributed by atoms with E-state index in [0.717, 1.165) is 0 Å². The number of imide groups is 1. The van der Waals surface area contributed by atoms with Crippen molar-refractivity contribution in [3.8, 4) is 0 Å². The Balaban J connectivity index is 1.49. The number of amides is 5. The van der Waals surface area contributed by atoms with Gasteiger partial charge < -0.3 is 16.0 Å². The van der Waals surface area contributed by atoms with Crippen LogP contribution in [0.3, 0.4) is 0 Å². The highest BCUT2D eigenvalue weighted by Crippen LogP contribution is 2.26. The average Bonchev–Trinajstić information content (AvgIpc) is 2.98. The summed E-state index contributed by atoms with van der Waals surface area (Å²) in [5.41, 5.74) is 0.481. The zero-order valence-corrected chi connectivity index (χ0v) is 16.0. The van der Waals surface area contributed by atoms with Gasteiger partial charge in [0, 0.05) is 24.2 Å². The molecule has 8 nitrogen and oxygen atoms in total. The maximum atomic E-state index is 12.2. The van der Waals surface area contributed by atoms with E-state index >= 15 is 0 Å². The molecule has 0 bridgehead atoms. The molecule has 2 aromatic carbocycles. The quantitative estimate of drug-likeness (QED) is 0.424. The van der Waals surface area contributed by atoms with E-state index in [2.05, 4.69) is 21.3 Å². The van der Waals surface area contributed by atoms with E-state index < -0.39 is 17.5 Å². The van der Waals surface area contributed by atoms with Gasteiger partial charge in [-0.05, 0) is 43.2 Å². The lowest BCUT2D eigenvalue weighted by atomic mass is 9.92. The molecule has 150 valence electrons. The third kappa shape index (κ3) is 4.78. The smallest absolute Gasteiger partial charge is 0.322 e. The van der Waals surface area contributed by atoms with E-state index in [4.69, 9.17) is 0 Å². The number of benzene rings is 2. The molecule has 5 amide bonds. The van der Waals surface area contributed by atoms with Crippen molar-refractivity contribution in [3.05, 3.63) is 65.7 Å². The van der Waals surface area contributed by atoms with Crippen molar-refractivity contribution >= 4 is 29.4 Å². The van der Waals surface area contributed by atoms with Crippen LogP contribution in [0.4, 0.5) is 10.5 Å². The Labute approximate surface area is 168 Å². The van der Waals surface area contributed by atoms with Crippen molar-refractivity contribution in [2.75, 3.05) is 11.9 Å². The molecule has 0 saturated carbocycles. The largest absolute Gasteiger partial charge is 0.352 e. The van der Waals surface area contributed by atoms with E-state index in [-0.39, 0.29) is 18.2 Å². The molecule has 1 saturated heterocycles. The Hall–Kier alpha value is -3.68. The molecular weight excluding hydrogens is 372 g/mol. The molecule has 1 heterocycles.